The number of nitrogens with zero attached hydrogens (tertiary/aromatic N) is 2. The van der Waals surface area contributed by atoms with Gasteiger partial charge in [-0.2, -0.15) is 0 Å². The number of amides is 1. The molecule has 0 spiro atoms. The van der Waals surface area contributed by atoms with Crippen LogP contribution >= 0.6 is 0 Å². The van der Waals surface area contributed by atoms with Gasteiger partial charge < -0.3 is 9.64 Å². The van der Waals surface area contributed by atoms with Crippen LogP contribution in [0.5, 0.6) is 5.75 Å². The summed E-state index contributed by atoms with van der Waals surface area (Å²) in [5, 5.41) is 0. The monoisotopic (exact) mass is 344 g/mol. The van der Waals surface area contributed by atoms with Gasteiger partial charge in [0.15, 0.2) is 0 Å². The van der Waals surface area contributed by atoms with Crippen LogP contribution in [0.1, 0.15) is 17.9 Å². The second-order valence-electron chi connectivity index (χ2n) is 6.39. The maximum absolute atomic E-state index is 12.9. The summed E-state index contributed by atoms with van der Waals surface area (Å²) in [7, 11) is 1.65. The molecular weight excluding hydrogens is 324 g/mol. The molecule has 1 aliphatic heterocycles. The molecule has 3 aromatic rings. The Hall–Kier alpha value is -3.14. The lowest BCUT2D eigenvalue weighted by Crippen LogP contribution is -2.26. The maximum Gasteiger partial charge on any atom is 0.234 e. The first-order valence-electron chi connectivity index (χ1n) is 8.72. The van der Waals surface area contributed by atoms with Crippen LogP contribution in [-0.2, 0) is 4.79 Å². The molecule has 0 aliphatic carbocycles. The first kappa shape index (κ1) is 16.3. The molecule has 1 unspecified atom stereocenters. The van der Waals surface area contributed by atoms with Gasteiger partial charge in [0.2, 0.25) is 5.91 Å². The molecule has 4 nitrogen and oxygen atoms in total. The molecule has 2 aromatic carbocycles. The third-order valence-electron chi connectivity index (χ3n) is 4.89. The van der Waals surface area contributed by atoms with Gasteiger partial charge in [0.25, 0.3) is 0 Å². The molecule has 26 heavy (non-hydrogen) atoms. The third kappa shape index (κ3) is 3.06. The molecule has 130 valence electrons. The number of pyridine rings is 1. The second-order valence-corrected chi connectivity index (χ2v) is 6.39. The van der Waals surface area contributed by atoms with E-state index in [1.54, 1.807) is 19.5 Å². The SMILES string of the molecule is COc1cccc(C2CCN(c3ccc(-c4ccncc4)cc3)C2=O)c1. The van der Waals surface area contributed by atoms with Crippen molar-refractivity contribution in [3.63, 3.8) is 0 Å². The van der Waals surface area contributed by atoms with Crippen molar-refractivity contribution in [2.45, 2.75) is 12.3 Å². The van der Waals surface area contributed by atoms with Crippen molar-refractivity contribution in [2.24, 2.45) is 0 Å². The van der Waals surface area contributed by atoms with E-state index < -0.39 is 0 Å². The van der Waals surface area contributed by atoms with Gasteiger partial charge in [-0.05, 0) is 59.5 Å². The van der Waals surface area contributed by atoms with Gasteiger partial charge in [-0.15, -0.1) is 0 Å². The highest BCUT2D eigenvalue weighted by atomic mass is 16.5. The molecule has 1 fully saturated rings. The normalized spacial score (nSPS) is 16.7. The molecule has 1 saturated heterocycles. The number of anilines is 1. The van der Waals surface area contributed by atoms with Crippen LogP contribution in [-0.4, -0.2) is 24.5 Å². The molecule has 0 N–H and O–H groups in total. The molecule has 2 heterocycles. The van der Waals surface area contributed by atoms with Crippen LogP contribution in [0, 0.1) is 0 Å². The number of hydrogen-bond donors (Lipinski definition) is 0. The van der Waals surface area contributed by atoms with E-state index in [9.17, 15) is 4.79 Å². The summed E-state index contributed by atoms with van der Waals surface area (Å²) < 4.78 is 5.29. The van der Waals surface area contributed by atoms with Gasteiger partial charge in [0, 0.05) is 24.6 Å². The summed E-state index contributed by atoms with van der Waals surface area (Å²) in [4.78, 5) is 18.9. The molecule has 1 atom stereocenters. The topological polar surface area (TPSA) is 42.4 Å². The van der Waals surface area contributed by atoms with E-state index >= 15 is 0 Å². The predicted octanol–water partition coefficient (Wildman–Crippen LogP) is 4.28. The Balaban J connectivity index is 1.55. The Kier molecular flexibility index (Phi) is 4.40. The summed E-state index contributed by atoms with van der Waals surface area (Å²) in [5.41, 5.74) is 4.20. The Morgan fingerprint density at radius 3 is 2.46 bits per heavy atom. The first-order valence-corrected chi connectivity index (χ1v) is 8.72. The highest BCUT2D eigenvalue weighted by Gasteiger charge is 2.33. The summed E-state index contributed by atoms with van der Waals surface area (Å²) in [6, 6.07) is 19.9. The second kappa shape index (κ2) is 7.00. The van der Waals surface area contributed by atoms with E-state index in [4.69, 9.17) is 4.74 Å². The Labute approximate surface area is 153 Å². The molecule has 1 amide bonds. The van der Waals surface area contributed by atoms with Crippen molar-refractivity contribution in [1.82, 2.24) is 4.98 Å². The van der Waals surface area contributed by atoms with Gasteiger partial charge >= 0.3 is 0 Å². The molecule has 4 heteroatoms. The van der Waals surface area contributed by atoms with Crippen LogP contribution in [0.3, 0.4) is 0 Å². The van der Waals surface area contributed by atoms with Crippen LogP contribution in [0.2, 0.25) is 0 Å². The average Bonchev–Trinajstić information content (AvgIpc) is 3.10. The zero-order chi connectivity index (χ0) is 17.9. The van der Waals surface area contributed by atoms with Crippen molar-refractivity contribution < 1.29 is 9.53 Å². The van der Waals surface area contributed by atoms with E-state index in [2.05, 4.69) is 17.1 Å². The van der Waals surface area contributed by atoms with Gasteiger partial charge in [0.1, 0.15) is 5.75 Å². The van der Waals surface area contributed by atoms with Gasteiger partial charge in [0.05, 0.1) is 13.0 Å². The van der Waals surface area contributed by atoms with Crippen molar-refractivity contribution in [2.75, 3.05) is 18.6 Å². The molecule has 1 aliphatic rings. The van der Waals surface area contributed by atoms with Crippen LogP contribution < -0.4 is 9.64 Å². The van der Waals surface area contributed by atoms with E-state index in [1.165, 1.54) is 0 Å². The lowest BCUT2D eigenvalue weighted by Gasteiger charge is -2.18. The number of ether oxygens (including phenoxy) is 1. The molecule has 1 aromatic heterocycles. The summed E-state index contributed by atoms with van der Waals surface area (Å²) >= 11 is 0. The smallest absolute Gasteiger partial charge is 0.234 e. The van der Waals surface area contributed by atoms with E-state index in [1.807, 2.05) is 53.4 Å². The Morgan fingerprint density at radius 2 is 1.73 bits per heavy atom. The highest BCUT2D eigenvalue weighted by Crippen LogP contribution is 2.34. The van der Waals surface area contributed by atoms with Crippen molar-refractivity contribution in [1.29, 1.82) is 0 Å². The van der Waals surface area contributed by atoms with Crippen LogP contribution in [0.4, 0.5) is 5.69 Å². The van der Waals surface area contributed by atoms with Crippen LogP contribution in [0.15, 0.2) is 73.1 Å². The summed E-state index contributed by atoms with van der Waals surface area (Å²) in [6.45, 7) is 0.731. The predicted molar refractivity (Wildman–Crippen MR) is 102 cm³/mol. The average molecular weight is 344 g/mol. The van der Waals surface area contributed by atoms with Crippen molar-refractivity contribution in [3.05, 3.63) is 78.6 Å². The van der Waals surface area contributed by atoms with Gasteiger partial charge in [-0.1, -0.05) is 24.3 Å². The quantitative estimate of drug-likeness (QED) is 0.709. The number of methoxy groups -OCH3 is 1. The lowest BCUT2D eigenvalue weighted by atomic mass is 9.97. The number of hydrogen-bond acceptors (Lipinski definition) is 3. The minimum atomic E-state index is -0.107. The third-order valence-corrected chi connectivity index (χ3v) is 4.89. The molecule has 0 radical (unpaired) electrons. The number of aromatic nitrogens is 1. The largest absolute Gasteiger partial charge is 0.497 e. The molecule has 0 bridgehead atoms. The fraction of sp³-hybridized carbons (Fsp3) is 0.182. The summed E-state index contributed by atoms with van der Waals surface area (Å²) in [5.74, 6) is 0.829. The Bertz CT molecular complexity index is 907. The van der Waals surface area contributed by atoms with Crippen molar-refractivity contribution in [3.8, 4) is 16.9 Å². The number of rotatable bonds is 4. The van der Waals surface area contributed by atoms with Gasteiger partial charge in [-0.3, -0.25) is 9.78 Å². The molecule has 4 rings (SSSR count). The Morgan fingerprint density at radius 1 is 1.00 bits per heavy atom. The number of carbonyl (C=O) groups excluding carboxylic acids is 1. The zero-order valence-corrected chi connectivity index (χ0v) is 14.6. The zero-order valence-electron chi connectivity index (χ0n) is 14.6. The summed E-state index contributed by atoms with van der Waals surface area (Å²) in [6.07, 6.45) is 4.38. The molecule has 0 saturated carbocycles. The molecular formula is C22H20N2O2. The number of carbonyl (C=O) groups is 1. The standard InChI is InChI=1S/C22H20N2O2/c1-26-20-4-2-3-18(15-20)21-11-14-24(22(21)25)19-7-5-16(6-8-19)17-9-12-23-13-10-17/h2-10,12-13,15,21H,11,14H2,1H3. The van der Waals surface area contributed by atoms with Gasteiger partial charge in [-0.25, -0.2) is 0 Å². The minimum absolute atomic E-state index is 0.107. The van der Waals surface area contributed by atoms with E-state index in [0.29, 0.717) is 0 Å². The minimum Gasteiger partial charge on any atom is -0.497 e. The lowest BCUT2D eigenvalue weighted by molar-refractivity contribution is -0.118. The first-order chi connectivity index (χ1) is 12.8. The fourth-order valence-corrected chi connectivity index (χ4v) is 3.48. The maximum atomic E-state index is 12.9. The van der Waals surface area contributed by atoms with Crippen molar-refractivity contribution >= 4 is 11.6 Å². The van der Waals surface area contributed by atoms with E-state index in [0.717, 1.165) is 41.1 Å². The van der Waals surface area contributed by atoms with E-state index in [-0.39, 0.29) is 11.8 Å². The number of benzene rings is 2. The fourth-order valence-electron chi connectivity index (χ4n) is 3.48. The highest BCUT2D eigenvalue weighted by molar-refractivity contribution is 6.00. The van der Waals surface area contributed by atoms with Crippen LogP contribution in [0.25, 0.3) is 11.1 Å².